The number of thiophene rings is 1. The fourth-order valence-electron chi connectivity index (χ4n) is 2.56. The Balaban J connectivity index is 2.06. The molecule has 0 amide bonds. The van der Waals surface area contributed by atoms with Crippen LogP contribution in [0.4, 0.5) is 0 Å². The lowest BCUT2D eigenvalue weighted by Gasteiger charge is -2.07. The first kappa shape index (κ1) is 15.8. The van der Waals surface area contributed by atoms with Gasteiger partial charge in [0, 0.05) is 25.6 Å². The van der Waals surface area contributed by atoms with Gasteiger partial charge in [-0.2, -0.15) is 0 Å². The number of ether oxygens (including phenoxy) is 2. The van der Waals surface area contributed by atoms with E-state index < -0.39 is 0 Å². The fourth-order valence-corrected chi connectivity index (χ4v) is 4.32. The Bertz CT molecular complexity index is 711. The second kappa shape index (κ2) is 7.02. The summed E-state index contributed by atoms with van der Waals surface area (Å²) >= 11 is 1.89. The fraction of sp³-hybridized carbons (Fsp3) is 0.158. The number of hydrogen-bond donors (Lipinski definition) is 0. The van der Waals surface area contributed by atoms with E-state index in [4.69, 9.17) is 9.47 Å². The largest absolute Gasteiger partial charge is 0.497 e. The van der Waals surface area contributed by atoms with E-state index in [0.717, 1.165) is 11.5 Å². The Hall–Kier alpha value is -2.04. The van der Waals surface area contributed by atoms with Crippen LogP contribution in [0.3, 0.4) is 0 Å². The van der Waals surface area contributed by atoms with Crippen molar-refractivity contribution in [1.29, 1.82) is 0 Å². The third-order valence-electron chi connectivity index (χ3n) is 3.88. The standard InChI is InChI=1S/C19H20O2SSi/c1-20-15-7-3-13(4-8-15)18-11-17(12-23)22-19(18)14-5-9-16(21-2)10-6-14/h3-11H,12H2,1-2,23H3. The molecule has 0 fully saturated rings. The van der Waals surface area contributed by atoms with Crippen molar-refractivity contribution in [2.45, 2.75) is 6.04 Å². The minimum Gasteiger partial charge on any atom is -0.497 e. The normalized spacial score (nSPS) is 10.7. The lowest BCUT2D eigenvalue weighted by atomic mass is 10.0. The minimum absolute atomic E-state index is 0.887. The Morgan fingerprint density at radius 2 is 1.35 bits per heavy atom. The number of methoxy groups -OCH3 is 2. The van der Waals surface area contributed by atoms with Crippen LogP contribution in [-0.2, 0) is 6.04 Å². The first-order valence-electron chi connectivity index (χ1n) is 7.66. The highest BCUT2D eigenvalue weighted by Crippen LogP contribution is 2.40. The molecule has 3 aromatic rings. The van der Waals surface area contributed by atoms with Crippen molar-refractivity contribution >= 4 is 21.6 Å². The molecule has 1 heterocycles. The molecule has 2 aromatic carbocycles. The molecule has 0 unspecified atom stereocenters. The van der Waals surface area contributed by atoms with E-state index in [1.807, 2.05) is 35.6 Å². The van der Waals surface area contributed by atoms with Gasteiger partial charge < -0.3 is 9.47 Å². The Labute approximate surface area is 144 Å². The van der Waals surface area contributed by atoms with Gasteiger partial charge in [-0.05, 0) is 59.6 Å². The van der Waals surface area contributed by atoms with Crippen LogP contribution in [0.2, 0.25) is 0 Å². The van der Waals surface area contributed by atoms with Crippen LogP contribution in [-0.4, -0.2) is 24.5 Å². The Kier molecular flexibility index (Phi) is 4.84. The van der Waals surface area contributed by atoms with Crippen LogP contribution < -0.4 is 9.47 Å². The predicted molar refractivity (Wildman–Crippen MR) is 102 cm³/mol. The second-order valence-electron chi connectivity index (χ2n) is 5.27. The van der Waals surface area contributed by atoms with Gasteiger partial charge in [-0.15, -0.1) is 11.3 Å². The molecular formula is C19H20O2SSi. The topological polar surface area (TPSA) is 18.5 Å². The van der Waals surface area contributed by atoms with Crippen molar-refractivity contribution in [1.82, 2.24) is 0 Å². The summed E-state index contributed by atoms with van der Waals surface area (Å²) < 4.78 is 10.5. The molecule has 1 aromatic heterocycles. The number of hydrogen-bond acceptors (Lipinski definition) is 3. The van der Waals surface area contributed by atoms with Crippen LogP contribution in [0, 0.1) is 0 Å². The molecule has 0 aliphatic heterocycles. The molecule has 0 radical (unpaired) electrons. The van der Waals surface area contributed by atoms with Gasteiger partial charge in [0.2, 0.25) is 0 Å². The van der Waals surface area contributed by atoms with Crippen LogP contribution in [0.15, 0.2) is 54.6 Å². The molecule has 0 aliphatic carbocycles. The van der Waals surface area contributed by atoms with Gasteiger partial charge >= 0.3 is 0 Å². The minimum atomic E-state index is 0.887. The van der Waals surface area contributed by atoms with E-state index in [0.29, 0.717) is 0 Å². The summed E-state index contributed by atoms with van der Waals surface area (Å²) in [6.45, 7) is 0. The van der Waals surface area contributed by atoms with Gasteiger partial charge in [0.15, 0.2) is 0 Å². The van der Waals surface area contributed by atoms with Crippen molar-refractivity contribution in [3.63, 3.8) is 0 Å². The number of rotatable bonds is 5. The molecule has 2 nitrogen and oxygen atoms in total. The zero-order valence-corrected chi connectivity index (χ0v) is 16.4. The van der Waals surface area contributed by atoms with E-state index in [1.54, 1.807) is 14.2 Å². The number of benzene rings is 2. The summed E-state index contributed by atoms with van der Waals surface area (Å²) in [6.07, 6.45) is 0. The zero-order chi connectivity index (χ0) is 16.2. The molecule has 0 spiro atoms. The molecule has 118 valence electrons. The first-order chi connectivity index (χ1) is 11.2. The molecule has 0 saturated heterocycles. The molecule has 4 heteroatoms. The van der Waals surface area contributed by atoms with E-state index in [2.05, 4.69) is 30.3 Å². The van der Waals surface area contributed by atoms with Gasteiger partial charge in [0.05, 0.1) is 14.2 Å². The van der Waals surface area contributed by atoms with Gasteiger partial charge in [-0.3, -0.25) is 0 Å². The molecule has 3 rings (SSSR count). The molecule has 0 bridgehead atoms. The third kappa shape index (κ3) is 3.33. The maximum Gasteiger partial charge on any atom is 0.118 e. The van der Waals surface area contributed by atoms with E-state index >= 15 is 0 Å². The van der Waals surface area contributed by atoms with Gasteiger partial charge in [-0.25, -0.2) is 0 Å². The molecule has 23 heavy (non-hydrogen) atoms. The average Bonchev–Trinajstić information content (AvgIpc) is 3.06. The summed E-state index contributed by atoms with van der Waals surface area (Å²) in [5.74, 6) is 1.78. The first-order valence-corrected chi connectivity index (χ1v) is 9.89. The van der Waals surface area contributed by atoms with E-state index in [9.17, 15) is 0 Å². The quantitative estimate of drug-likeness (QED) is 0.655. The maximum atomic E-state index is 5.27. The summed E-state index contributed by atoms with van der Waals surface area (Å²) in [5.41, 5.74) is 3.77. The predicted octanol–water partition coefficient (Wildman–Crippen LogP) is 3.96. The van der Waals surface area contributed by atoms with Crippen molar-refractivity contribution in [3.05, 3.63) is 59.5 Å². The molecule has 0 atom stereocenters. The highest BCUT2D eigenvalue weighted by atomic mass is 32.1. The highest BCUT2D eigenvalue weighted by molar-refractivity contribution is 7.16. The van der Waals surface area contributed by atoms with E-state index in [1.165, 1.54) is 42.7 Å². The Morgan fingerprint density at radius 1 is 0.826 bits per heavy atom. The van der Waals surface area contributed by atoms with E-state index in [-0.39, 0.29) is 0 Å². The molecular weight excluding hydrogens is 320 g/mol. The molecule has 0 saturated carbocycles. The Morgan fingerprint density at radius 3 is 1.83 bits per heavy atom. The van der Waals surface area contributed by atoms with Crippen molar-refractivity contribution in [2.75, 3.05) is 14.2 Å². The van der Waals surface area contributed by atoms with Crippen LogP contribution in [0.5, 0.6) is 11.5 Å². The maximum absolute atomic E-state index is 5.27. The average molecular weight is 341 g/mol. The van der Waals surface area contributed by atoms with Crippen LogP contribution in [0.25, 0.3) is 21.6 Å². The monoisotopic (exact) mass is 340 g/mol. The third-order valence-corrected chi connectivity index (χ3v) is 6.49. The van der Waals surface area contributed by atoms with Gasteiger partial charge in [0.25, 0.3) is 0 Å². The van der Waals surface area contributed by atoms with Gasteiger partial charge in [-0.1, -0.05) is 12.1 Å². The lowest BCUT2D eigenvalue weighted by molar-refractivity contribution is 0.414. The summed E-state index contributed by atoms with van der Waals surface area (Å²) in [7, 11) is 4.57. The van der Waals surface area contributed by atoms with Crippen molar-refractivity contribution in [2.24, 2.45) is 0 Å². The lowest BCUT2D eigenvalue weighted by Crippen LogP contribution is -1.84. The molecule has 0 N–H and O–H groups in total. The summed E-state index contributed by atoms with van der Waals surface area (Å²) in [5, 5.41) is 0. The zero-order valence-electron chi connectivity index (χ0n) is 13.6. The second-order valence-corrected chi connectivity index (χ2v) is 7.11. The van der Waals surface area contributed by atoms with Crippen LogP contribution in [0.1, 0.15) is 4.88 Å². The van der Waals surface area contributed by atoms with Crippen molar-refractivity contribution in [3.8, 4) is 33.1 Å². The highest BCUT2D eigenvalue weighted by Gasteiger charge is 2.12. The summed E-state index contributed by atoms with van der Waals surface area (Å²) in [4.78, 5) is 2.77. The van der Waals surface area contributed by atoms with Gasteiger partial charge in [0.1, 0.15) is 11.5 Å². The smallest absolute Gasteiger partial charge is 0.118 e. The van der Waals surface area contributed by atoms with Crippen LogP contribution >= 0.6 is 11.3 Å². The SMILES string of the molecule is COc1ccc(-c2cc(C[SiH3])sc2-c2ccc(OC)cc2)cc1. The molecule has 0 aliphatic rings. The summed E-state index contributed by atoms with van der Waals surface area (Å²) in [6, 6.07) is 20.1. The van der Waals surface area contributed by atoms with Crippen molar-refractivity contribution < 1.29 is 9.47 Å².